The molecule has 0 radical (unpaired) electrons. The lowest BCUT2D eigenvalue weighted by Gasteiger charge is -2.20. The molecule has 1 rings (SSSR count). The van der Waals surface area contributed by atoms with E-state index >= 15 is 0 Å². The van der Waals surface area contributed by atoms with E-state index in [1.165, 1.54) is 5.57 Å². The molecule has 1 aliphatic heterocycles. The van der Waals surface area contributed by atoms with E-state index in [1.807, 2.05) is 0 Å². The van der Waals surface area contributed by atoms with Gasteiger partial charge in [0.05, 0.1) is 13.2 Å². The molecule has 2 nitrogen and oxygen atoms in total. The van der Waals surface area contributed by atoms with E-state index in [-0.39, 0.29) is 1.43 Å². The van der Waals surface area contributed by atoms with Crippen LogP contribution in [0, 0.1) is 0 Å². The molecule has 0 amide bonds. The zero-order chi connectivity index (χ0) is 8.81. The van der Waals surface area contributed by atoms with Gasteiger partial charge in [0, 0.05) is 14.0 Å². The second kappa shape index (κ2) is 5.12. The number of ether oxygens (including phenoxy) is 1. The molecule has 0 aromatic carbocycles. The smallest absolute Gasteiger partial charge is 0.0656 e. The van der Waals surface area contributed by atoms with Gasteiger partial charge in [0.1, 0.15) is 0 Å². The molecule has 0 aliphatic carbocycles. The van der Waals surface area contributed by atoms with Crippen LogP contribution in [-0.2, 0) is 4.74 Å². The highest BCUT2D eigenvalue weighted by Crippen LogP contribution is 2.01. The summed E-state index contributed by atoms with van der Waals surface area (Å²) in [4.78, 5) is 0. The highest BCUT2D eigenvalue weighted by atomic mass is 16.5. The van der Waals surface area contributed by atoms with Crippen LogP contribution in [0.5, 0.6) is 0 Å². The predicted octanol–water partition coefficient (Wildman–Crippen LogP) is 1.74. The molecule has 1 fully saturated rings. The first-order valence-electron chi connectivity index (χ1n) is 4.50. The van der Waals surface area contributed by atoms with Gasteiger partial charge in [-0.1, -0.05) is 31.2 Å². The van der Waals surface area contributed by atoms with Gasteiger partial charge >= 0.3 is 0 Å². The van der Waals surface area contributed by atoms with Crippen molar-refractivity contribution in [2.75, 3.05) is 19.8 Å². The molecule has 0 bridgehead atoms. The molecular weight excluding hydrogens is 150 g/mol. The molecule has 1 unspecified atom stereocenters. The fourth-order valence-corrected chi connectivity index (χ4v) is 1.08. The Balaban J connectivity index is 0.00000144. The van der Waals surface area contributed by atoms with Crippen LogP contribution in [0.2, 0.25) is 0 Å². The van der Waals surface area contributed by atoms with E-state index in [0.29, 0.717) is 6.04 Å². The summed E-state index contributed by atoms with van der Waals surface area (Å²) < 4.78 is 5.30. The lowest BCUT2D eigenvalue weighted by molar-refractivity contribution is 0.0901. The molecule has 1 aliphatic rings. The highest BCUT2D eigenvalue weighted by molar-refractivity contribution is 5.15. The van der Waals surface area contributed by atoms with Gasteiger partial charge in [0.15, 0.2) is 0 Å². The van der Waals surface area contributed by atoms with Crippen LogP contribution in [0.4, 0.5) is 0 Å². The van der Waals surface area contributed by atoms with Crippen LogP contribution >= 0.6 is 0 Å². The maximum atomic E-state index is 5.30. The monoisotopic (exact) mass is 169 g/mol. The third-order valence-electron chi connectivity index (χ3n) is 1.97. The fraction of sp³-hybridized carbons (Fsp3) is 0.600. The van der Waals surface area contributed by atoms with Crippen molar-refractivity contribution in [3.63, 3.8) is 0 Å². The summed E-state index contributed by atoms with van der Waals surface area (Å²) in [6.45, 7) is 8.58. The minimum atomic E-state index is 0. The maximum absolute atomic E-state index is 5.30. The maximum Gasteiger partial charge on any atom is 0.0656 e. The Kier molecular flexibility index (Phi) is 4.05. The summed E-state index contributed by atoms with van der Waals surface area (Å²) in [5.41, 5.74) is 1.17. The van der Waals surface area contributed by atoms with Gasteiger partial charge in [-0.15, -0.1) is 0 Å². The van der Waals surface area contributed by atoms with Gasteiger partial charge in [0.25, 0.3) is 0 Å². The average Bonchev–Trinajstić information content (AvgIpc) is 2.16. The number of nitrogens with one attached hydrogen (secondary N) is 1. The summed E-state index contributed by atoms with van der Waals surface area (Å²) in [5, 5.41) is 3.35. The van der Waals surface area contributed by atoms with Crippen LogP contribution in [0.15, 0.2) is 24.3 Å². The zero-order valence-corrected chi connectivity index (χ0v) is 7.68. The summed E-state index contributed by atoms with van der Waals surface area (Å²) in [7, 11) is 0. The minimum absolute atomic E-state index is 0. The van der Waals surface area contributed by atoms with Crippen molar-refractivity contribution in [3.8, 4) is 0 Å². The van der Waals surface area contributed by atoms with Crippen molar-refractivity contribution >= 4 is 0 Å². The molecule has 1 N–H and O–H groups in total. The second-order valence-corrected chi connectivity index (χ2v) is 3.01. The third-order valence-corrected chi connectivity index (χ3v) is 1.97. The molecule has 2 heteroatoms. The van der Waals surface area contributed by atoms with Gasteiger partial charge in [-0.3, -0.25) is 0 Å². The third kappa shape index (κ3) is 3.20. The number of allylic oxidation sites excluding steroid dienone is 2. The first-order chi connectivity index (χ1) is 5.83. The molecule has 0 aromatic heterocycles. The van der Waals surface area contributed by atoms with Gasteiger partial charge in [0.2, 0.25) is 0 Å². The Morgan fingerprint density at radius 3 is 3.25 bits per heavy atom. The summed E-state index contributed by atoms with van der Waals surface area (Å²) in [5.74, 6) is 0. The Hall–Kier alpha value is -0.600. The Morgan fingerprint density at radius 1 is 1.83 bits per heavy atom. The largest absolute Gasteiger partial charge is 0.378 e. The molecule has 1 atom stereocenters. The quantitative estimate of drug-likeness (QED) is 0.650. The standard InChI is InChI=1S/C10H17NO.H2/c1-3-9(2)4-5-10-8-12-7-6-11-10;/h4-5,10-11H,2-3,6-8H2,1H3;1H/b5-4+;. The van der Waals surface area contributed by atoms with Crippen molar-refractivity contribution in [1.29, 1.82) is 0 Å². The normalized spacial score (nSPS) is 24.6. The lowest BCUT2D eigenvalue weighted by Crippen LogP contribution is -2.39. The topological polar surface area (TPSA) is 21.3 Å². The first-order valence-corrected chi connectivity index (χ1v) is 4.50. The lowest BCUT2D eigenvalue weighted by atomic mass is 10.2. The summed E-state index contributed by atoms with van der Waals surface area (Å²) >= 11 is 0. The van der Waals surface area contributed by atoms with E-state index < -0.39 is 0 Å². The van der Waals surface area contributed by atoms with Crippen LogP contribution < -0.4 is 5.32 Å². The van der Waals surface area contributed by atoms with E-state index in [1.54, 1.807) is 0 Å². The highest BCUT2D eigenvalue weighted by Gasteiger charge is 2.08. The van der Waals surface area contributed by atoms with Crippen molar-refractivity contribution < 1.29 is 6.16 Å². The SMILES string of the molecule is C=C(/C=C/C1COCCN1)CC.[HH]. The molecular formula is C10H19NO. The zero-order valence-electron chi connectivity index (χ0n) is 7.68. The molecule has 1 saturated heterocycles. The average molecular weight is 169 g/mol. The van der Waals surface area contributed by atoms with Gasteiger partial charge in [-0.25, -0.2) is 0 Å². The van der Waals surface area contributed by atoms with E-state index in [9.17, 15) is 0 Å². The van der Waals surface area contributed by atoms with Crippen molar-refractivity contribution in [2.45, 2.75) is 19.4 Å². The molecule has 12 heavy (non-hydrogen) atoms. The fourth-order valence-electron chi connectivity index (χ4n) is 1.08. The Morgan fingerprint density at radius 2 is 2.67 bits per heavy atom. The number of hydrogen-bond donors (Lipinski definition) is 1. The molecule has 0 aromatic rings. The molecule has 70 valence electrons. The molecule has 0 spiro atoms. The Labute approximate surface area is 75.8 Å². The van der Waals surface area contributed by atoms with Crippen LogP contribution in [-0.4, -0.2) is 25.8 Å². The Bertz CT molecular complexity index is 174. The summed E-state index contributed by atoms with van der Waals surface area (Å²) in [6.07, 6.45) is 5.22. The first kappa shape index (κ1) is 9.49. The predicted molar refractivity (Wildman–Crippen MR) is 53.3 cm³/mol. The van der Waals surface area contributed by atoms with Crippen LogP contribution in [0.3, 0.4) is 0 Å². The van der Waals surface area contributed by atoms with Gasteiger partial charge in [-0.2, -0.15) is 0 Å². The number of hydrogen-bond acceptors (Lipinski definition) is 2. The van der Waals surface area contributed by atoms with Crippen LogP contribution in [0.1, 0.15) is 14.8 Å². The summed E-state index contributed by atoms with van der Waals surface area (Å²) in [6, 6.07) is 0.377. The van der Waals surface area contributed by atoms with Crippen molar-refractivity contribution in [1.82, 2.24) is 5.32 Å². The number of rotatable bonds is 3. The minimum Gasteiger partial charge on any atom is -0.378 e. The number of morpholine rings is 1. The van der Waals surface area contributed by atoms with Crippen molar-refractivity contribution in [3.05, 3.63) is 24.3 Å². The van der Waals surface area contributed by atoms with Gasteiger partial charge in [-0.05, 0) is 6.42 Å². The van der Waals surface area contributed by atoms with Crippen molar-refractivity contribution in [2.24, 2.45) is 0 Å². The van der Waals surface area contributed by atoms with Crippen LogP contribution in [0.25, 0.3) is 0 Å². The second-order valence-electron chi connectivity index (χ2n) is 3.01. The molecule has 0 saturated carbocycles. The van der Waals surface area contributed by atoms with E-state index in [2.05, 4.69) is 31.0 Å². The van der Waals surface area contributed by atoms with E-state index in [0.717, 1.165) is 26.2 Å². The van der Waals surface area contributed by atoms with E-state index in [4.69, 9.17) is 4.74 Å². The van der Waals surface area contributed by atoms with Gasteiger partial charge < -0.3 is 10.1 Å². The molecule has 1 heterocycles.